The third-order valence-electron chi connectivity index (χ3n) is 1.33. The number of aliphatic hydroxyl groups is 1. The molecule has 0 aliphatic heterocycles. The van der Waals surface area contributed by atoms with Gasteiger partial charge < -0.3 is 5.11 Å². The highest BCUT2D eigenvalue weighted by Gasteiger charge is 2.60. The van der Waals surface area contributed by atoms with Crippen molar-refractivity contribution in [3.8, 4) is 0 Å². The van der Waals surface area contributed by atoms with E-state index in [4.69, 9.17) is 5.11 Å². The molecule has 1 unspecified atom stereocenters. The van der Waals surface area contributed by atoms with E-state index in [1.54, 1.807) is 0 Å². The van der Waals surface area contributed by atoms with Crippen LogP contribution < -0.4 is 0 Å². The molecule has 0 heterocycles. The summed E-state index contributed by atoms with van der Waals surface area (Å²) >= 11 is 0. The fraction of sp³-hybridized carbons (Fsp3) is 0.833. The lowest BCUT2D eigenvalue weighted by Gasteiger charge is -2.25. The Balaban J connectivity index is 4.78. The average molecular weight is 209 g/mol. The number of aliphatic hydroxyl groups excluding tert-OH is 1. The van der Waals surface area contributed by atoms with E-state index in [9.17, 15) is 26.3 Å². The van der Waals surface area contributed by atoms with Gasteiger partial charge in [0.1, 0.15) is 0 Å². The molecule has 0 aliphatic carbocycles. The van der Waals surface area contributed by atoms with E-state index in [-0.39, 0.29) is 0 Å². The maximum atomic E-state index is 11.7. The molecule has 79 valence electrons. The zero-order chi connectivity index (χ0) is 10.9. The van der Waals surface area contributed by atoms with E-state index in [1.807, 2.05) is 0 Å². The summed E-state index contributed by atoms with van der Waals surface area (Å²) < 4.78 is 70.4. The first-order valence-electron chi connectivity index (χ1n) is 3.30. The fourth-order valence-corrected chi connectivity index (χ4v) is 0.743. The van der Waals surface area contributed by atoms with Gasteiger partial charge in [0.15, 0.2) is 0 Å². The van der Waals surface area contributed by atoms with Crippen molar-refractivity contribution in [1.29, 1.82) is 0 Å². The zero-order valence-electron chi connectivity index (χ0n) is 6.50. The smallest absolute Gasteiger partial charge is 0.392 e. The lowest BCUT2D eigenvalue weighted by atomic mass is 9.99. The first-order valence-corrected chi connectivity index (χ1v) is 3.30. The van der Waals surface area contributed by atoms with Crippen molar-refractivity contribution in [1.82, 2.24) is 0 Å². The fourth-order valence-electron chi connectivity index (χ4n) is 0.743. The van der Waals surface area contributed by atoms with Gasteiger partial charge in [-0.05, 0) is 6.42 Å². The van der Waals surface area contributed by atoms with E-state index in [0.717, 1.165) is 6.92 Å². The standard InChI is InChI=1S/C6H7F6O/c1-2-3(13)4(5(7,8)9)6(10,11)12/h3,13H,2H2,1H3. The van der Waals surface area contributed by atoms with Gasteiger partial charge in [-0.15, -0.1) is 0 Å². The Kier molecular flexibility index (Phi) is 3.60. The van der Waals surface area contributed by atoms with Gasteiger partial charge in [-0.1, -0.05) is 6.92 Å². The first kappa shape index (κ1) is 12.5. The molecular formula is C6H7F6O. The first-order chi connectivity index (χ1) is 5.60. The lowest BCUT2D eigenvalue weighted by molar-refractivity contribution is -0.222. The number of hydrogen-bond donors (Lipinski definition) is 1. The molecule has 0 saturated heterocycles. The van der Waals surface area contributed by atoms with E-state index in [1.165, 1.54) is 0 Å². The molecule has 7 heteroatoms. The number of hydrogen-bond acceptors (Lipinski definition) is 1. The van der Waals surface area contributed by atoms with Crippen molar-refractivity contribution < 1.29 is 31.4 Å². The second-order valence-corrected chi connectivity index (χ2v) is 2.33. The highest BCUT2D eigenvalue weighted by atomic mass is 19.4. The second kappa shape index (κ2) is 3.73. The summed E-state index contributed by atoms with van der Waals surface area (Å²) in [6, 6.07) is 0. The van der Waals surface area contributed by atoms with Crippen LogP contribution in [0.3, 0.4) is 0 Å². The lowest BCUT2D eigenvalue weighted by Crippen LogP contribution is -2.42. The van der Waals surface area contributed by atoms with E-state index < -0.39 is 30.8 Å². The minimum absolute atomic E-state index is 0.631. The maximum Gasteiger partial charge on any atom is 0.407 e. The summed E-state index contributed by atoms with van der Waals surface area (Å²) in [7, 11) is 0. The Morgan fingerprint density at radius 3 is 1.46 bits per heavy atom. The number of halogens is 6. The molecule has 0 saturated carbocycles. The van der Waals surface area contributed by atoms with Crippen molar-refractivity contribution in [3.05, 3.63) is 5.92 Å². The van der Waals surface area contributed by atoms with Crippen LogP contribution in [0.5, 0.6) is 0 Å². The van der Waals surface area contributed by atoms with Gasteiger partial charge >= 0.3 is 12.4 Å². The predicted molar refractivity (Wildman–Crippen MR) is 31.7 cm³/mol. The molecule has 0 aliphatic rings. The van der Waals surface area contributed by atoms with Crippen LogP contribution in [-0.4, -0.2) is 23.6 Å². The number of rotatable bonds is 2. The van der Waals surface area contributed by atoms with Gasteiger partial charge in [0.05, 0.1) is 6.10 Å². The van der Waals surface area contributed by atoms with Crippen LogP contribution in [0.15, 0.2) is 0 Å². The molecule has 1 N–H and O–H groups in total. The molecule has 0 aromatic carbocycles. The van der Waals surface area contributed by atoms with Crippen LogP contribution in [0.25, 0.3) is 0 Å². The molecule has 0 rings (SSSR count). The van der Waals surface area contributed by atoms with E-state index >= 15 is 0 Å². The van der Waals surface area contributed by atoms with Gasteiger partial charge in [0.2, 0.25) is 5.92 Å². The van der Waals surface area contributed by atoms with Crippen LogP contribution in [-0.2, 0) is 0 Å². The van der Waals surface area contributed by atoms with Gasteiger partial charge in [0.25, 0.3) is 0 Å². The molecule has 0 amide bonds. The van der Waals surface area contributed by atoms with Crippen molar-refractivity contribution in [2.24, 2.45) is 0 Å². The third-order valence-corrected chi connectivity index (χ3v) is 1.33. The Hall–Kier alpha value is -0.460. The van der Waals surface area contributed by atoms with Crippen molar-refractivity contribution in [3.63, 3.8) is 0 Å². The van der Waals surface area contributed by atoms with Crippen LogP contribution in [0, 0.1) is 5.92 Å². The molecule has 0 aromatic rings. The molecule has 13 heavy (non-hydrogen) atoms. The molecule has 0 aromatic heterocycles. The molecule has 1 atom stereocenters. The SMILES string of the molecule is CCC(O)[C](C(F)(F)F)C(F)(F)F. The Bertz CT molecular complexity index is 145. The van der Waals surface area contributed by atoms with Gasteiger partial charge in [0, 0.05) is 0 Å². The quantitative estimate of drug-likeness (QED) is 0.692. The van der Waals surface area contributed by atoms with Gasteiger partial charge in [-0.25, -0.2) is 0 Å². The van der Waals surface area contributed by atoms with E-state index in [0.29, 0.717) is 0 Å². The highest BCUT2D eigenvalue weighted by Crippen LogP contribution is 2.43. The van der Waals surface area contributed by atoms with Gasteiger partial charge in [-0.2, -0.15) is 26.3 Å². The molecular weight excluding hydrogens is 202 g/mol. The molecule has 0 spiro atoms. The summed E-state index contributed by atoms with van der Waals surface area (Å²) in [4.78, 5) is 0. The van der Waals surface area contributed by atoms with Crippen LogP contribution in [0.4, 0.5) is 26.3 Å². The highest BCUT2D eigenvalue weighted by molar-refractivity contribution is 5.09. The molecule has 1 nitrogen and oxygen atoms in total. The summed E-state index contributed by atoms with van der Waals surface area (Å²) in [5, 5.41) is 8.51. The Morgan fingerprint density at radius 2 is 1.38 bits per heavy atom. The van der Waals surface area contributed by atoms with E-state index in [2.05, 4.69) is 0 Å². The van der Waals surface area contributed by atoms with Crippen molar-refractivity contribution in [2.75, 3.05) is 0 Å². The molecule has 1 radical (unpaired) electrons. The second-order valence-electron chi connectivity index (χ2n) is 2.33. The maximum absolute atomic E-state index is 11.7. The molecule has 0 bridgehead atoms. The summed E-state index contributed by atoms with van der Waals surface area (Å²) in [5.74, 6) is -2.75. The number of alkyl halides is 6. The minimum atomic E-state index is -5.53. The summed E-state index contributed by atoms with van der Waals surface area (Å²) in [6.07, 6.45) is -14.2. The largest absolute Gasteiger partial charge is 0.407 e. The van der Waals surface area contributed by atoms with Crippen molar-refractivity contribution in [2.45, 2.75) is 31.8 Å². The normalized spacial score (nSPS) is 16.4. The average Bonchev–Trinajstić information content (AvgIpc) is 1.80. The van der Waals surface area contributed by atoms with Crippen molar-refractivity contribution >= 4 is 0 Å². The van der Waals surface area contributed by atoms with Gasteiger partial charge in [-0.3, -0.25) is 0 Å². The Morgan fingerprint density at radius 1 is 1.08 bits per heavy atom. The minimum Gasteiger partial charge on any atom is -0.392 e. The topological polar surface area (TPSA) is 20.2 Å². The monoisotopic (exact) mass is 209 g/mol. The van der Waals surface area contributed by atoms with Crippen LogP contribution >= 0.6 is 0 Å². The third kappa shape index (κ3) is 3.41. The van der Waals surface area contributed by atoms with Crippen LogP contribution in [0.2, 0.25) is 0 Å². The summed E-state index contributed by atoms with van der Waals surface area (Å²) in [6.45, 7) is 1.03. The van der Waals surface area contributed by atoms with Crippen LogP contribution in [0.1, 0.15) is 13.3 Å². The molecule has 0 fully saturated rings. The zero-order valence-corrected chi connectivity index (χ0v) is 6.50. The Labute approximate surface area is 70.4 Å². The summed E-state index contributed by atoms with van der Waals surface area (Å²) in [5.41, 5.74) is 0. The predicted octanol–water partition coefficient (Wildman–Crippen LogP) is 2.46.